The van der Waals surface area contributed by atoms with Crippen LogP contribution in [0, 0.1) is 16.7 Å². The van der Waals surface area contributed by atoms with Crippen LogP contribution in [-0.2, 0) is 33.3 Å². The summed E-state index contributed by atoms with van der Waals surface area (Å²) in [5.41, 5.74) is -0.0905. The Balaban J connectivity index is 2.38. The first kappa shape index (κ1) is 32.9. The molecule has 1 aliphatic rings. The number of hydrogen-bond acceptors (Lipinski definition) is 8. The summed E-state index contributed by atoms with van der Waals surface area (Å²) in [6.07, 6.45) is 5.98. The van der Waals surface area contributed by atoms with Gasteiger partial charge in [0.05, 0.1) is 13.2 Å². The normalized spacial score (nSPS) is 21.5. The molecule has 0 aromatic heterocycles. The van der Waals surface area contributed by atoms with Crippen molar-refractivity contribution in [2.45, 2.75) is 105 Å². The first-order valence-corrected chi connectivity index (χ1v) is 13.7. The van der Waals surface area contributed by atoms with Crippen LogP contribution in [0.2, 0.25) is 0 Å². The molecule has 0 aliphatic heterocycles. The molecule has 1 aliphatic carbocycles. The molecular weight excluding hydrogens is 478 g/mol. The summed E-state index contributed by atoms with van der Waals surface area (Å²) in [6, 6.07) is -0.0935. The molecule has 1 rings (SSSR count). The number of nitrogens with one attached hydrogen (secondary N) is 1. The topological polar surface area (TPSA) is 117 Å². The van der Waals surface area contributed by atoms with Crippen molar-refractivity contribution in [2.75, 3.05) is 33.0 Å². The zero-order valence-corrected chi connectivity index (χ0v) is 23.8. The van der Waals surface area contributed by atoms with Crippen LogP contribution in [0.3, 0.4) is 0 Å². The number of Topliss-reactive ketones (excluding diaryl/α,β-unsaturated/α-hetero) is 1. The Hall–Kier alpha value is -2.16. The first-order chi connectivity index (χ1) is 17.4. The zero-order valence-electron chi connectivity index (χ0n) is 23.8. The highest BCUT2D eigenvalue weighted by molar-refractivity contribution is 5.78. The number of alkyl carbamates (subject to hydrolysis) is 1. The van der Waals surface area contributed by atoms with Crippen LogP contribution in [0.25, 0.3) is 0 Å². The lowest BCUT2D eigenvalue weighted by atomic mass is 9.61. The van der Waals surface area contributed by atoms with E-state index < -0.39 is 18.7 Å². The van der Waals surface area contributed by atoms with Crippen LogP contribution in [0.5, 0.6) is 0 Å². The quantitative estimate of drug-likeness (QED) is 0.160. The Kier molecular flexibility index (Phi) is 14.8. The predicted octanol–water partition coefficient (Wildman–Crippen LogP) is 4.99. The number of esters is 2. The third kappa shape index (κ3) is 15.0. The molecule has 1 amide bonds. The molecule has 214 valence electrons. The van der Waals surface area contributed by atoms with Crippen LogP contribution in [0.1, 0.15) is 99.3 Å². The largest absolute Gasteiger partial charge is 0.464 e. The second-order valence-corrected chi connectivity index (χ2v) is 11.5. The highest BCUT2D eigenvalue weighted by Gasteiger charge is 2.41. The van der Waals surface area contributed by atoms with Gasteiger partial charge in [-0.3, -0.25) is 4.79 Å². The standard InChI is InChI=1S/C28H49NO8/c1-7-21(3)17-36-25(32)19-37-26(33)29-22-15-27(4,5)20-28(6,16-22)13-12-23(30)11-9-10-14-34-18-24(31)35-8-2/h21-22H,7-20H2,1-6H3,(H,29,33). The molecule has 1 fully saturated rings. The summed E-state index contributed by atoms with van der Waals surface area (Å²) < 4.78 is 20.3. The van der Waals surface area contributed by atoms with E-state index in [4.69, 9.17) is 18.9 Å². The molecular formula is C28H49NO8. The van der Waals surface area contributed by atoms with Gasteiger partial charge in [-0.1, -0.05) is 41.0 Å². The van der Waals surface area contributed by atoms with Gasteiger partial charge in [-0.15, -0.1) is 0 Å². The number of carbonyl (C=O) groups excluding carboxylic acids is 4. The second-order valence-electron chi connectivity index (χ2n) is 11.5. The second kappa shape index (κ2) is 16.6. The minimum absolute atomic E-state index is 0.000517. The Bertz CT molecular complexity index is 738. The molecule has 1 saturated carbocycles. The molecule has 0 spiro atoms. The van der Waals surface area contributed by atoms with E-state index >= 15 is 0 Å². The predicted molar refractivity (Wildman–Crippen MR) is 140 cm³/mol. The number of unbranched alkanes of at least 4 members (excludes halogenated alkanes) is 1. The van der Waals surface area contributed by atoms with Gasteiger partial charge in [-0.25, -0.2) is 14.4 Å². The minimum atomic E-state index is -0.619. The monoisotopic (exact) mass is 527 g/mol. The van der Waals surface area contributed by atoms with E-state index in [2.05, 4.69) is 26.1 Å². The van der Waals surface area contributed by atoms with Crippen LogP contribution >= 0.6 is 0 Å². The molecule has 3 unspecified atom stereocenters. The molecule has 0 saturated heterocycles. The maximum absolute atomic E-state index is 12.5. The summed E-state index contributed by atoms with van der Waals surface area (Å²) in [5, 5.41) is 2.92. The molecule has 0 heterocycles. The van der Waals surface area contributed by atoms with Gasteiger partial charge in [0.25, 0.3) is 0 Å². The van der Waals surface area contributed by atoms with E-state index in [9.17, 15) is 19.2 Å². The third-order valence-corrected chi connectivity index (χ3v) is 6.84. The van der Waals surface area contributed by atoms with Crippen molar-refractivity contribution in [3.8, 4) is 0 Å². The number of amides is 1. The zero-order chi connectivity index (χ0) is 27.9. The Morgan fingerprint density at radius 1 is 0.919 bits per heavy atom. The summed E-state index contributed by atoms with van der Waals surface area (Å²) in [4.78, 5) is 47.9. The van der Waals surface area contributed by atoms with Crippen LogP contribution < -0.4 is 5.32 Å². The van der Waals surface area contributed by atoms with E-state index in [1.54, 1.807) is 6.92 Å². The number of hydrogen-bond donors (Lipinski definition) is 1. The molecule has 3 atom stereocenters. The van der Waals surface area contributed by atoms with E-state index in [1.807, 2.05) is 13.8 Å². The molecule has 0 aromatic rings. The highest BCUT2D eigenvalue weighted by atomic mass is 16.6. The Morgan fingerprint density at radius 3 is 2.30 bits per heavy atom. The van der Waals surface area contributed by atoms with Crippen molar-refractivity contribution in [1.82, 2.24) is 5.32 Å². The fraction of sp³-hybridized carbons (Fsp3) is 0.857. The van der Waals surface area contributed by atoms with Gasteiger partial charge >= 0.3 is 18.0 Å². The SMILES string of the molecule is CCOC(=O)COCCCCC(=O)CCC1(C)CC(NC(=O)OCC(=O)OCC(C)CC)CC(C)(C)C1. The maximum Gasteiger partial charge on any atom is 0.407 e. The van der Waals surface area contributed by atoms with Crippen LogP contribution in [0.4, 0.5) is 4.79 Å². The lowest BCUT2D eigenvalue weighted by molar-refractivity contribution is -0.149. The van der Waals surface area contributed by atoms with E-state index in [0.29, 0.717) is 39.1 Å². The smallest absolute Gasteiger partial charge is 0.407 e. The fourth-order valence-electron chi connectivity index (χ4n) is 5.10. The van der Waals surface area contributed by atoms with E-state index in [0.717, 1.165) is 38.5 Å². The van der Waals surface area contributed by atoms with Gasteiger partial charge < -0.3 is 24.3 Å². The van der Waals surface area contributed by atoms with Crippen molar-refractivity contribution < 1.29 is 38.1 Å². The third-order valence-electron chi connectivity index (χ3n) is 6.84. The lowest BCUT2D eigenvalue weighted by Gasteiger charge is -2.46. The van der Waals surface area contributed by atoms with Gasteiger partial charge in [0.15, 0.2) is 6.61 Å². The van der Waals surface area contributed by atoms with E-state index in [-0.39, 0.29) is 41.1 Å². The lowest BCUT2D eigenvalue weighted by Crippen LogP contribution is -2.47. The molecule has 9 nitrogen and oxygen atoms in total. The van der Waals surface area contributed by atoms with Gasteiger partial charge in [0.2, 0.25) is 0 Å². The summed E-state index contributed by atoms with van der Waals surface area (Å²) in [6.45, 7) is 12.9. The van der Waals surface area contributed by atoms with Gasteiger partial charge in [0, 0.05) is 25.5 Å². The molecule has 0 aromatic carbocycles. The Labute approximate surface area is 222 Å². The van der Waals surface area contributed by atoms with E-state index in [1.165, 1.54) is 0 Å². The molecule has 0 bridgehead atoms. The number of rotatable bonds is 17. The molecule has 9 heteroatoms. The minimum Gasteiger partial charge on any atom is -0.464 e. The molecule has 0 radical (unpaired) electrons. The average Bonchev–Trinajstić information content (AvgIpc) is 2.81. The first-order valence-electron chi connectivity index (χ1n) is 13.7. The maximum atomic E-state index is 12.5. The van der Waals surface area contributed by atoms with Crippen molar-refractivity contribution in [1.29, 1.82) is 0 Å². The number of ether oxygens (including phenoxy) is 4. The van der Waals surface area contributed by atoms with Crippen molar-refractivity contribution in [3.05, 3.63) is 0 Å². The summed E-state index contributed by atoms with van der Waals surface area (Å²) in [7, 11) is 0. The molecule has 37 heavy (non-hydrogen) atoms. The fourth-order valence-corrected chi connectivity index (χ4v) is 5.10. The number of ketones is 1. The van der Waals surface area contributed by atoms with Crippen molar-refractivity contribution >= 4 is 23.8 Å². The van der Waals surface area contributed by atoms with Crippen LogP contribution in [0.15, 0.2) is 0 Å². The van der Waals surface area contributed by atoms with Gasteiger partial charge in [-0.05, 0) is 62.2 Å². The van der Waals surface area contributed by atoms with Gasteiger partial charge in [0.1, 0.15) is 12.4 Å². The van der Waals surface area contributed by atoms with Gasteiger partial charge in [-0.2, -0.15) is 0 Å². The summed E-state index contributed by atoms with van der Waals surface area (Å²) in [5.74, 6) is -0.436. The van der Waals surface area contributed by atoms with Crippen LogP contribution in [-0.4, -0.2) is 62.9 Å². The van der Waals surface area contributed by atoms with Crippen molar-refractivity contribution in [3.63, 3.8) is 0 Å². The average molecular weight is 528 g/mol. The van der Waals surface area contributed by atoms with Crippen molar-refractivity contribution in [2.24, 2.45) is 16.7 Å². The number of carbonyl (C=O) groups is 4. The highest BCUT2D eigenvalue weighted by Crippen LogP contribution is 2.48. The summed E-state index contributed by atoms with van der Waals surface area (Å²) >= 11 is 0. The Morgan fingerprint density at radius 2 is 1.62 bits per heavy atom. The molecule has 1 N–H and O–H groups in total.